The van der Waals surface area contributed by atoms with Gasteiger partial charge in [-0.3, -0.25) is 0 Å². The molecule has 1 aliphatic rings. The predicted molar refractivity (Wildman–Crippen MR) is 71.5 cm³/mol. The van der Waals surface area contributed by atoms with Gasteiger partial charge in [-0.05, 0) is 15.9 Å². The Morgan fingerprint density at radius 3 is 2.90 bits per heavy atom. The molecule has 108 valence electrons. The van der Waals surface area contributed by atoms with Gasteiger partial charge < -0.3 is 25.3 Å². The number of alkyl halides is 1. The Kier molecular flexibility index (Phi) is 3.36. The Hall–Kier alpha value is -1.29. The monoisotopic (exact) mass is 346 g/mol. The van der Waals surface area contributed by atoms with E-state index >= 15 is 0 Å². The minimum atomic E-state index is -1.68. The van der Waals surface area contributed by atoms with Crippen molar-refractivity contribution in [2.24, 2.45) is 0 Å². The lowest BCUT2D eigenvalue weighted by molar-refractivity contribution is -0.0457. The summed E-state index contributed by atoms with van der Waals surface area (Å²) >= 11 is 3.31. The van der Waals surface area contributed by atoms with E-state index in [0.29, 0.717) is 15.5 Å². The molecule has 4 N–H and O–H groups in total. The summed E-state index contributed by atoms with van der Waals surface area (Å²) in [7, 11) is 0. The number of nitrogen functional groups attached to an aromatic ring is 1. The van der Waals surface area contributed by atoms with Crippen LogP contribution in [0.3, 0.4) is 0 Å². The highest BCUT2D eigenvalue weighted by atomic mass is 79.9. The van der Waals surface area contributed by atoms with E-state index in [2.05, 4.69) is 25.9 Å². The van der Waals surface area contributed by atoms with E-state index in [1.54, 1.807) is 6.20 Å². The van der Waals surface area contributed by atoms with E-state index in [1.807, 2.05) is 0 Å². The number of ether oxygens (including phenoxy) is 1. The maximum absolute atomic E-state index is 14.1. The summed E-state index contributed by atoms with van der Waals surface area (Å²) in [4.78, 5) is 7.94. The van der Waals surface area contributed by atoms with E-state index in [9.17, 15) is 9.50 Å². The van der Waals surface area contributed by atoms with Gasteiger partial charge in [-0.1, -0.05) is 0 Å². The number of halogens is 2. The van der Waals surface area contributed by atoms with Gasteiger partial charge in [-0.15, -0.1) is 0 Å². The molecule has 1 fully saturated rings. The van der Waals surface area contributed by atoms with Crippen molar-refractivity contribution in [1.29, 1.82) is 0 Å². The third kappa shape index (κ3) is 1.89. The third-order valence-corrected chi connectivity index (χ3v) is 3.94. The van der Waals surface area contributed by atoms with Gasteiger partial charge in [-0.2, -0.15) is 0 Å². The Balaban J connectivity index is 2.10. The van der Waals surface area contributed by atoms with E-state index in [0.717, 1.165) is 0 Å². The van der Waals surface area contributed by atoms with Gasteiger partial charge in [-0.25, -0.2) is 14.4 Å². The summed E-state index contributed by atoms with van der Waals surface area (Å²) in [6.45, 7) is -0.463. The topological polar surface area (TPSA) is 106 Å². The number of fused-ring (bicyclic) bond motifs is 1. The second-order valence-electron chi connectivity index (χ2n) is 4.52. The lowest BCUT2D eigenvalue weighted by Gasteiger charge is -2.15. The van der Waals surface area contributed by atoms with Crippen molar-refractivity contribution in [3.8, 4) is 0 Å². The van der Waals surface area contributed by atoms with Crippen molar-refractivity contribution in [2.75, 3.05) is 12.3 Å². The van der Waals surface area contributed by atoms with Crippen LogP contribution in [0.15, 0.2) is 17.0 Å². The van der Waals surface area contributed by atoms with Crippen LogP contribution in [0.25, 0.3) is 11.0 Å². The Morgan fingerprint density at radius 1 is 1.50 bits per heavy atom. The van der Waals surface area contributed by atoms with Crippen molar-refractivity contribution in [2.45, 2.75) is 24.6 Å². The number of hydrogen-bond donors (Lipinski definition) is 3. The molecule has 4 atom stereocenters. The molecule has 20 heavy (non-hydrogen) atoms. The summed E-state index contributed by atoms with van der Waals surface area (Å²) in [6, 6.07) is 0. The molecule has 0 spiro atoms. The van der Waals surface area contributed by atoms with Crippen LogP contribution in [-0.2, 0) is 4.74 Å². The Labute approximate surface area is 121 Å². The lowest BCUT2D eigenvalue weighted by atomic mass is 10.1. The molecule has 3 heterocycles. The number of nitrogens with zero attached hydrogens (tertiary/aromatic N) is 3. The van der Waals surface area contributed by atoms with E-state index < -0.39 is 31.2 Å². The van der Waals surface area contributed by atoms with E-state index in [-0.39, 0.29) is 5.82 Å². The fourth-order valence-corrected chi connectivity index (χ4v) is 2.94. The van der Waals surface area contributed by atoms with Gasteiger partial charge in [0.1, 0.15) is 30.0 Å². The maximum Gasteiger partial charge on any atom is 0.173 e. The first-order chi connectivity index (χ1) is 9.54. The summed E-state index contributed by atoms with van der Waals surface area (Å²) in [5, 5.41) is 19.3. The molecule has 9 heteroatoms. The highest BCUT2D eigenvalue weighted by Gasteiger charge is 2.45. The minimum Gasteiger partial charge on any atom is -0.394 e. The van der Waals surface area contributed by atoms with Crippen LogP contribution in [0.5, 0.6) is 0 Å². The molecule has 2 aromatic rings. The first kappa shape index (κ1) is 13.7. The highest BCUT2D eigenvalue weighted by Crippen LogP contribution is 2.37. The predicted octanol–water partition coefficient (Wildman–Crippen LogP) is 0.365. The molecule has 3 rings (SSSR count). The second-order valence-corrected chi connectivity index (χ2v) is 5.38. The van der Waals surface area contributed by atoms with Crippen molar-refractivity contribution in [3.05, 3.63) is 17.0 Å². The number of hydrogen-bond acceptors (Lipinski definition) is 6. The largest absolute Gasteiger partial charge is 0.394 e. The Bertz CT molecular complexity index is 652. The molecule has 1 saturated heterocycles. The van der Waals surface area contributed by atoms with Gasteiger partial charge in [0, 0.05) is 10.7 Å². The molecule has 0 aliphatic carbocycles. The van der Waals surface area contributed by atoms with Gasteiger partial charge >= 0.3 is 0 Å². The van der Waals surface area contributed by atoms with Crippen molar-refractivity contribution < 1.29 is 19.3 Å². The molecule has 0 amide bonds. The van der Waals surface area contributed by atoms with Crippen LogP contribution >= 0.6 is 15.9 Å². The average molecular weight is 347 g/mol. The number of aromatic nitrogens is 3. The highest BCUT2D eigenvalue weighted by molar-refractivity contribution is 9.10. The smallest absolute Gasteiger partial charge is 0.173 e. The lowest BCUT2D eigenvalue weighted by Crippen LogP contribution is -2.30. The quantitative estimate of drug-likeness (QED) is 0.725. The van der Waals surface area contributed by atoms with Crippen LogP contribution in [0, 0.1) is 0 Å². The van der Waals surface area contributed by atoms with Crippen LogP contribution in [0.1, 0.15) is 6.23 Å². The molecule has 0 bridgehead atoms. The summed E-state index contributed by atoms with van der Waals surface area (Å²) < 4.78 is 21.5. The molecular weight excluding hydrogens is 335 g/mol. The molecule has 0 saturated carbocycles. The van der Waals surface area contributed by atoms with Crippen LogP contribution < -0.4 is 5.73 Å². The fraction of sp³-hybridized carbons (Fsp3) is 0.455. The zero-order chi connectivity index (χ0) is 14.4. The van der Waals surface area contributed by atoms with Gasteiger partial charge in [0.2, 0.25) is 0 Å². The minimum absolute atomic E-state index is 0.258. The molecular formula is C11H12BrFN4O3. The van der Waals surface area contributed by atoms with Crippen LogP contribution in [-0.4, -0.2) is 49.7 Å². The number of nitrogens with two attached hydrogens (primary N) is 1. The van der Waals surface area contributed by atoms with E-state index in [1.165, 1.54) is 10.9 Å². The summed E-state index contributed by atoms with van der Waals surface area (Å²) in [5.41, 5.74) is 6.16. The Morgan fingerprint density at radius 2 is 2.25 bits per heavy atom. The average Bonchev–Trinajstić information content (AvgIpc) is 2.90. The summed E-state index contributed by atoms with van der Waals surface area (Å²) in [6.07, 6.45) is -2.27. The summed E-state index contributed by atoms with van der Waals surface area (Å²) in [5.74, 6) is 0.258. The van der Waals surface area contributed by atoms with Gasteiger partial charge in [0.25, 0.3) is 0 Å². The first-order valence-corrected chi connectivity index (χ1v) is 6.69. The van der Waals surface area contributed by atoms with Crippen molar-refractivity contribution in [3.63, 3.8) is 0 Å². The molecule has 2 aromatic heterocycles. The molecule has 0 radical (unpaired) electrons. The molecule has 7 nitrogen and oxygen atoms in total. The van der Waals surface area contributed by atoms with Gasteiger partial charge in [0.15, 0.2) is 12.4 Å². The van der Waals surface area contributed by atoms with Gasteiger partial charge in [0.05, 0.1) is 12.0 Å². The molecule has 1 aliphatic heterocycles. The molecule has 0 aromatic carbocycles. The number of rotatable bonds is 2. The molecule has 1 unspecified atom stereocenters. The fourth-order valence-electron chi connectivity index (χ4n) is 2.33. The van der Waals surface area contributed by atoms with Crippen LogP contribution in [0.2, 0.25) is 0 Å². The zero-order valence-corrected chi connectivity index (χ0v) is 11.7. The maximum atomic E-state index is 14.1. The second kappa shape index (κ2) is 4.92. The normalized spacial score (nSPS) is 30.2. The SMILES string of the molecule is Nc1ncnc2c1c(Br)cn2[C@@H]1O[C@H](CO)C(O)[C@H]1F. The first-order valence-electron chi connectivity index (χ1n) is 5.89. The van der Waals surface area contributed by atoms with Crippen molar-refractivity contribution in [1.82, 2.24) is 14.5 Å². The van der Waals surface area contributed by atoms with Crippen molar-refractivity contribution >= 4 is 32.8 Å². The standard InChI is InChI=1S/C11H12BrFN4O3/c12-4-1-17(10-6(4)9(14)15-3-16-10)11-7(13)8(19)5(2-18)20-11/h1,3,5,7-8,11,18-19H,2H2,(H2,14,15,16)/t5-,7-,8?,11-/m1/s1. The van der Waals surface area contributed by atoms with Crippen LogP contribution in [0.4, 0.5) is 10.2 Å². The zero-order valence-electron chi connectivity index (χ0n) is 10.1. The number of aliphatic hydroxyl groups is 2. The number of aliphatic hydroxyl groups excluding tert-OH is 2. The van der Waals surface area contributed by atoms with E-state index in [4.69, 9.17) is 15.6 Å². The number of anilines is 1. The third-order valence-electron chi connectivity index (χ3n) is 3.34.